The van der Waals surface area contributed by atoms with Gasteiger partial charge in [0.05, 0.1) is 13.0 Å². The van der Waals surface area contributed by atoms with Crippen LogP contribution in [0.2, 0.25) is 0 Å². The van der Waals surface area contributed by atoms with Crippen LogP contribution in [0, 0.1) is 18.3 Å². The summed E-state index contributed by atoms with van der Waals surface area (Å²) >= 11 is 0. The molecule has 0 aromatic heterocycles. The monoisotopic (exact) mass is 167 g/mol. The number of methoxy groups -OCH3 is 1. The molecule has 1 aliphatic heterocycles. The van der Waals surface area contributed by atoms with E-state index in [0.29, 0.717) is 13.1 Å². The first-order valence-corrected chi connectivity index (χ1v) is 3.52. The molecule has 0 radical (unpaired) electrons. The molecule has 0 aliphatic carbocycles. The zero-order valence-corrected chi connectivity index (χ0v) is 6.74. The van der Waals surface area contributed by atoms with Crippen molar-refractivity contribution in [2.45, 2.75) is 0 Å². The number of ether oxygens (including phenoxy) is 1. The minimum Gasteiger partial charge on any atom is -0.469 e. The van der Waals surface area contributed by atoms with E-state index in [1.807, 2.05) is 5.92 Å². The highest BCUT2D eigenvalue weighted by atomic mass is 16.5. The Kier molecular flexibility index (Phi) is 2.34. The summed E-state index contributed by atoms with van der Waals surface area (Å²) in [7, 11) is 1.33. The molecule has 0 spiro atoms. The van der Waals surface area contributed by atoms with Crippen molar-refractivity contribution in [2.24, 2.45) is 5.92 Å². The lowest BCUT2D eigenvalue weighted by atomic mass is 10.0. The molecule has 1 amide bonds. The summed E-state index contributed by atoms with van der Waals surface area (Å²) < 4.78 is 4.49. The first-order valence-electron chi connectivity index (χ1n) is 3.52. The van der Waals surface area contributed by atoms with E-state index in [9.17, 15) is 9.59 Å². The van der Waals surface area contributed by atoms with Crippen molar-refractivity contribution in [1.29, 1.82) is 0 Å². The SMILES string of the molecule is C#CC(=O)N1CC(C(=O)OC)C1. The largest absolute Gasteiger partial charge is 0.469 e. The molecule has 0 aromatic rings. The summed E-state index contributed by atoms with van der Waals surface area (Å²) in [5.74, 6) is 1.14. The highest BCUT2D eigenvalue weighted by Gasteiger charge is 2.35. The third-order valence-corrected chi connectivity index (χ3v) is 1.83. The van der Waals surface area contributed by atoms with Crippen molar-refractivity contribution >= 4 is 11.9 Å². The van der Waals surface area contributed by atoms with E-state index in [-0.39, 0.29) is 17.8 Å². The quantitative estimate of drug-likeness (QED) is 0.381. The lowest BCUT2D eigenvalue weighted by Gasteiger charge is -2.35. The number of likely N-dealkylation sites (tertiary alicyclic amines) is 1. The lowest BCUT2D eigenvalue weighted by Crippen LogP contribution is -2.52. The number of hydrogen-bond donors (Lipinski definition) is 0. The molecule has 0 N–H and O–H groups in total. The number of carbonyl (C=O) groups is 2. The predicted molar refractivity (Wildman–Crippen MR) is 40.9 cm³/mol. The Balaban J connectivity index is 2.34. The molecule has 1 heterocycles. The molecule has 4 heteroatoms. The van der Waals surface area contributed by atoms with Crippen LogP contribution in [0.15, 0.2) is 0 Å². The van der Waals surface area contributed by atoms with Gasteiger partial charge in [-0.1, -0.05) is 0 Å². The molecular weight excluding hydrogens is 158 g/mol. The number of terminal acetylenes is 1. The van der Waals surface area contributed by atoms with Gasteiger partial charge in [0.15, 0.2) is 0 Å². The second-order valence-electron chi connectivity index (χ2n) is 2.57. The average molecular weight is 167 g/mol. The van der Waals surface area contributed by atoms with Crippen LogP contribution in [0.3, 0.4) is 0 Å². The van der Waals surface area contributed by atoms with Crippen LogP contribution in [-0.2, 0) is 14.3 Å². The summed E-state index contributed by atoms with van der Waals surface area (Å²) in [5, 5.41) is 0. The number of esters is 1. The van der Waals surface area contributed by atoms with Gasteiger partial charge < -0.3 is 9.64 Å². The Morgan fingerprint density at radius 3 is 2.58 bits per heavy atom. The van der Waals surface area contributed by atoms with Gasteiger partial charge in [0.2, 0.25) is 0 Å². The van der Waals surface area contributed by atoms with Crippen molar-refractivity contribution in [3.63, 3.8) is 0 Å². The molecule has 4 nitrogen and oxygen atoms in total. The number of rotatable bonds is 1. The van der Waals surface area contributed by atoms with Crippen LogP contribution in [0.4, 0.5) is 0 Å². The second kappa shape index (κ2) is 3.26. The maximum absolute atomic E-state index is 10.8. The smallest absolute Gasteiger partial charge is 0.312 e. The number of carbonyl (C=O) groups excluding carboxylic acids is 2. The van der Waals surface area contributed by atoms with E-state index in [1.165, 1.54) is 12.0 Å². The second-order valence-corrected chi connectivity index (χ2v) is 2.57. The van der Waals surface area contributed by atoms with Gasteiger partial charge in [-0.05, 0) is 5.92 Å². The molecule has 0 aromatic carbocycles. The van der Waals surface area contributed by atoms with Gasteiger partial charge in [-0.3, -0.25) is 9.59 Å². The highest BCUT2D eigenvalue weighted by molar-refractivity contribution is 5.94. The molecule has 64 valence electrons. The topological polar surface area (TPSA) is 46.6 Å². The molecular formula is C8H9NO3. The minimum absolute atomic E-state index is 0.188. The zero-order chi connectivity index (χ0) is 9.14. The third-order valence-electron chi connectivity index (χ3n) is 1.83. The Bertz CT molecular complexity index is 248. The molecule has 0 unspecified atom stereocenters. The average Bonchev–Trinajstić information content (AvgIpc) is 2.01. The molecule has 0 atom stereocenters. The fourth-order valence-electron chi connectivity index (χ4n) is 1.05. The fraction of sp³-hybridized carbons (Fsp3) is 0.500. The van der Waals surface area contributed by atoms with E-state index >= 15 is 0 Å². The molecule has 12 heavy (non-hydrogen) atoms. The molecule has 1 saturated heterocycles. The van der Waals surface area contributed by atoms with Crippen molar-refractivity contribution < 1.29 is 14.3 Å². The number of hydrogen-bond acceptors (Lipinski definition) is 3. The van der Waals surface area contributed by atoms with Crippen LogP contribution < -0.4 is 0 Å². The van der Waals surface area contributed by atoms with Crippen molar-refractivity contribution in [2.75, 3.05) is 20.2 Å². The summed E-state index contributed by atoms with van der Waals surface area (Å²) in [6.07, 6.45) is 4.88. The third kappa shape index (κ3) is 1.40. The summed E-state index contributed by atoms with van der Waals surface area (Å²) in [6, 6.07) is 0. The van der Waals surface area contributed by atoms with Gasteiger partial charge in [-0.25, -0.2) is 0 Å². The first-order chi connectivity index (χ1) is 5.69. The van der Waals surface area contributed by atoms with Gasteiger partial charge >= 0.3 is 5.97 Å². The predicted octanol–water partition coefficient (Wildman–Crippen LogP) is -0.749. The minimum atomic E-state index is -0.366. The highest BCUT2D eigenvalue weighted by Crippen LogP contribution is 2.16. The summed E-state index contributed by atoms with van der Waals surface area (Å²) in [5.41, 5.74) is 0. The molecule has 1 rings (SSSR count). The van der Waals surface area contributed by atoms with E-state index in [4.69, 9.17) is 6.42 Å². The van der Waals surface area contributed by atoms with Gasteiger partial charge in [0, 0.05) is 13.1 Å². The molecule has 0 saturated carbocycles. The van der Waals surface area contributed by atoms with Crippen molar-refractivity contribution in [3.05, 3.63) is 0 Å². The maximum atomic E-state index is 10.8. The van der Waals surface area contributed by atoms with Gasteiger partial charge in [0.1, 0.15) is 0 Å². The van der Waals surface area contributed by atoms with Crippen molar-refractivity contribution in [1.82, 2.24) is 4.90 Å². The van der Waals surface area contributed by atoms with Crippen molar-refractivity contribution in [3.8, 4) is 12.3 Å². The van der Waals surface area contributed by atoms with Gasteiger partial charge in [-0.15, -0.1) is 6.42 Å². The Morgan fingerprint density at radius 2 is 2.17 bits per heavy atom. The van der Waals surface area contributed by atoms with E-state index in [0.717, 1.165) is 0 Å². The van der Waals surface area contributed by atoms with Crippen LogP contribution >= 0.6 is 0 Å². The summed E-state index contributed by atoms with van der Waals surface area (Å²) in [4.78, 5) is 23.1. The van der Waals surface area contributed by atoms with Crippen LogP contribution in [-0.4, -0.2) is 37.0 Å². The van der Waals surface area contributed by atoms with E-state index < -0.39 is 0 Å². The maximum Gasteiger partial charge on any atom is 0.312 e. The van der Waals surface area contributed by atoms with Crippen LogP contribution in [0.5, 0.6) is 0 Å². The Morgan fingerprint density at radius 1 is 1.58 bits per heavy atom. The van der Waals surface area contributed by atoms with E-state index in [1.54, 1.807) is 0 Å². The summed E-state index contributed by atoms with van der Waals surface area (Å²) in [6.45, 7) is 0.769. The molecule has 1 fully saturated rings. The van der Waals surface area contributed by atoms with Crippen LogP contribution in [0.25, 0.3) is 0 Å². The standard InChI is InChI=1S/C8H9NO3/c1-3-7(10)9-4-6(5-9)8(11)12-2/h1,6H,4-5H2,2H3. The van der Waals surface area contributed by atoms with Crippen LogP contribution in [0.1, 0.15) is 0 Å². The first kappa shape index (κ1) is 8.60. The number of amides is 1. The number of nitrogens with zero attached hydrogens (tertiary/aromatic N) is 1. The Labute approximate surface area is 70.5 Å². The normalized spacial score (nSPS) is 16.2. The zero-order valence-electron chi connectivity index (χ0n) is 6.74. The molecule has 0 bridgehead atoms. The van der Waals surface area contributed by atoms with Gasteiger partial charge in [-0.2, -0.15) is 0 Å². The van der Waals surface area contributed by atoms with Gasteiger partial charge in [0.25, 0.3) is 5.91 Å². The van der Waals surface area contributed by atoms with E-state index in [2.05, 4.69) is 4.74 Å². The Hall–Kier alpha value is -1.50. The lowest BCUT2D eigenvalue weighted by molar-refractivity contribution is -0.154. The fourth-order valence-corrected chi connectivity index (χ4v) is 1.05. The molecule has 1 aliphatic rings.